The summed E-state index contributed by atoms with van der Waals surface area (Å²) in [4.78, 5) is 9.40. The smallest absolute Gasteiger partial charge is 0.122 e. The molecule has 4 nitrogen and oxygen atoms in total. The highest BCUT2D eigenvalue weighted by molar-refractivity contribution is 7.12. The van der Waals surface area contributed by atoms with Crippen molar-refractivity contribution in [2.75, 3.05) is 13.6 Å². The van der Waals surface area contributed by atoms with Crippen molar-refractivity contribution in [1.29, 1.82) is 0 Å². The summed E-state index contributed by atoms with van der Waals surface area (Å²) in [7, 11) is 4.13. The van der Waals surface area contributed by atoms with Crippen LogP contribution in [0.5, 0.6) is 0 Å². The minimum absolute atomic E-state index is 0.266. The topological polar surface area (TPSA) is 47.1 Å². The zero-order valence-electron chi connectivity index (χ0n) is 11.8. The third-order valence-electron chi connectivity index (χ3n) is 3.43. The Bertz CT molecular complexity index is 517. The molecule has 0 bridgehead atoms. The van der Waals surface area contributed by atoms with Crippen LogP contribution in [-0.2, 0) is 20.0 Å². The second kappa shape index (κ2) is 6.32. The van der Waals surface area contributed by atoms with Gasteiger partial charge in [0.2, 0.25) is 0 Å². The highest BCUT2D eigenvalue weighted by Crippen LogP contribution is 2.27. The van der Waals surface area contributed by atoms with Crippen LogP contribution in [0.3, 0.4) is 0 Å². The maximum atomic E-state index is 5.96. The number of rotatable bonds is 6. The van der Waals surface area contributed by atoms with Crippen LogP contribution in [0.1, 0.15) is 28.5 Å². The van der Waals surface area contributed by atoms with E-state index in [0.717, 1.165) is 18.8 Å². The average Bonchev–Trinajstić information content (AvgIpc) is 3.01. The first-order valence-corrected chi connectivity index (χ1v) is 7.42. The summed E-state index contributed by atoms with van der Waals surface area (Å²) in [5.41, 5.74) is 5.96. The van der Waals surface area contributed by atoms with Crippen LogP contribution in [0.25, 0.3) is 0 Å². The van der Waals surface area contributed by atoms with Crippen LogP contribution in [0.4, 0.5) is 0 Å². The zero-order chi connectivity index (χ0) is 13.8. The van der Waals surface area contributed by atoms with E-state index in [1.54, 1.807) is 0 Å². The van der Waals surface area contributed by atoms with E-state index in [-0.39, 0.29) is 6.04 Å². The normalized spacial score (nSPS) is 13.1. The SMILES string of the molecule is CCc1ccc(C(CN)N(C)Cc2nccn2C)s1. The summed E-state index contributed by atoms with van der Waals surface area (Å²) in [6.07, 6.45) is 4.90. The monoisotopic (exact) mass is 278 g/mol. The van der Waals surface area contributed by atoms with Crippen LogP contribution in [-0.4, -0.2) is 28.0 Å². The zero-order valence-corrected chi connectivity index (χ0v) is 12.7. The molecular weight excluding hydrogens is 256 g/mol. The molecule has 0 saturated carbocycles. The molecule has 0 aromatic carbocycles. The fraction of sp³-hybridized carbons (Fsp3) is 0.500. The van der Waals surface area contributed by atoms with Gasteiger partial charge in [0.15, 0.2) is 0 Å². The fourth-order valence-corrected chi connectivity index (χ4v) is 3.29. The van der Waals surface area contributed by atoms with Gasteiger partial charge in [0.1, 0.15) is 5.82 Å². The molecule has 5 heteroatoms. The van der Waals surface area contributed by atoms with Gasteiger partial charge >= 0.3 is 0 Å². The third-order valence-corrected chi connectivity index (χ3v) is 4.76. The molecule has 0 saturated heterocycles. The van der Waals surface area contributed by atoms with Crippen LogP contribution < -0.4 is 5.73 Å². The van der Waals surface area contributed by atoms with E-state index in [2.05, 4.69) is 40.6 Å². The quantitative estimate of drug-likeness (QED) is 0.881. The number of hydrogen-bond acceptors (Lipinski definition) is 4. The summed E-state index contributed by atoms with van der Waals surface area (Å²) in [5.74, 6) is 1.06. The van der Waals surface area contributed by atoms with Gasteiger partial charge in [-0.25, -0.2) is 4.98 Å². The van der Waals surface area contributed by atoms with Crippen molar-refractivity contribution in [3.8, 4) is 0 Å². The van der Waals surface area contributed by atoms with Gasteiger partial charge in [0.25, 0.3) is 0 Å². The van der Waals surface area contributed by atoms with Gasteiger partial charge in [-0.3, -0.25) is 4.90 Å². The van der Waals surface area contributed by atoms with Crippen molar-refractivity contribution in [2.45, 2.75) is 25.9 Å². The molecule has 0 amide bonds. The van der Waals surface area contributed by atoms with E-state index in [1.807, 2.05) is 30.8 Å². The van der Waals surface area contributed by atoms with Gasteiger partial charge in [-0.15, -0.1) is 11.3 Å². The van der Waals surface area contributed by atoms with Crippen molar-refractivity contribution in [3.05, 3.63) is 40.1 Å². The summed E-state index contributed by atoms with van der Waals surface area (Å²) < 4.78 is 2.05. The highest BCUT2D eigenvalue weighted by Gasteiger charge is 2.18. The van der Waals surface area contributed by atoms with Gasteiger partial charge in [0.05, 0.1) is 12.6 Å². The number of nitrogens with zero attached hydrogens (tertiary/aromatic N) is 3. The number of imidazole rings is 1. The van der Waals surface area contributed by atoms with Gasteiger partial charge in [-0.2, -0.15) is 0 Å². The molecular formula is C14H22N4S. The molecule has 0 aliphatic carbocycles. The molecule has 0 aliphatic heterocycles. The Kier molecular flexibility index (Phi) is 4.74. The first kappa shape index (κ1) is 14.2. The predicted octanol–water partition coefficient (Wildman–Crippen LogP) is 2.18. The van der Waals surface area contributed by atoms with Gasteiger partial charge in [0, 0.05) is 35.7 Å². The van der Waals surface area contributed by atoms with Crippen LogP contribution in [0.2, 0.25) is 0 Å². The Balaban J connectivity index is 2.10. The van der Waals surface area contributed by atoms with E-state index in [1.165, 1.54) is 9.75 Å². The first-order valence-electron chi connectivity index (χ1n) is 6.60. The maximum absolute atomic E-state index is 5.96. The molecule has 0 radical (unpaired) electrons. The first-order chi connectivity index (χ1) is 9.15. The Morgan fingerprint density at radius 3 is 2.79 bits per heavy atom. The minimum atomic E-state index is 0.266. The number of thiophene rings is 1. The van der Waals surface area contributed by atoms with Gasteiger partial charge in [-0.1, -0.05) is 6.92 Å². The van der Waals surface area contributed by atoms with E-state index in [9.17, 15) is 0 Å². The molecule has 19 heavy (non-hydrogen) atoms. The van der Waals surface area contributed by atoms with Crippen molar-refractivity contribution in [3.63, 3.8) is 0 Å². The Labute approximate surface area is 118 Å². The van der Waals surface area contributed by atoms with E-state index in [0.29, 0.717) is 6.54 Å². The van der Waals surface area contributed by atoms with Crippen molar-refractivity contribution in [2.24, 2.45) is 12.8 Å². The molecule has 0 fully saturated rings. The summed E-state index contributed by atoms with van der Waals surface area (Å²) in [5, 5.41) is 0. The summed E-state index contributed by atoms with van der Waals surface area (Å²) >= 11 is 1.86. The third kappa shape index (κ3) is 3.23. The van der Waals surface area contributed by atoms with Crippen molar-refractivity contribution in [1.82, 2.24) is 14.5 Å². The van der Waals surface area contributed by atoms with E-state index in [4.69, 9.17) is 5.73 Å². The molecule has 2 aromatic heterocycles. The number of likely N-dealkylation sites (N-methyl/N-ethyl adjacent to an activating group) is 1. The second-order valence-corrected chi connectivity index (χ2v) is 5.98. The summed E-state index contributed by atoms with van der Waals surface area (Å²) in [6, 6.07) is 4.68. The molecule has 1 atom stereocenters. The molecule has 2 heterocycles. The van der Waals surface area contributed by atoms with Crippen molar-refractivity contribution < 1.29 is 0 Å². The number of aromatic nitrogens is 2. The Hall–Kier alpha value is -1.17. The lowest BCUT2D eigenvalue weighted by molar-refractivity contribution is 0.237. The lowest BCUT2D eigenvalue weighted by atomic mass is 10.2. The number of aryl methyl sites for hydroxylation is 2. The standard InChI is InChI=1S/C14H22N4S/c1-4-11-5-6-13(19-11)12(9-15)18(3)10-14-16-7-8-17(14)2/h5-8,12H,4,9-10,15H2,1-3H3. The molecule has 0 aliphatic rings. The molecule has 104 valence electrons. The minimum Gasteiger partial charge on any atom is -0.337 e. The Morgan fingerprint density at radius 1 is 1.47 bits per heavy atom. The number of hydrogen-bond donors (Lipinski definition) is 1. The lowest BCUT2D eigenvalue weighted by Crippen LogP contribution is -2.30. The average molecular weight is 278 g/mol. The van der Waals surface area contributed by atoms with Crippen LogP contribution >= 0.6 is 11.3 Å². The van der Waals surface area contributed by atoms with E-state index < -0.39 is 0 Å². The van der Waals surface area contributed by atoms with Gasteiger partial charge < -0.3 is 10.3 Å². The maximum Gasteiger partial charge on any atom is 0.122 e. The van der Waals surface area contributed by atoms with Crippen LogP contribution in [0.15, 0.2) is 24.5 Å². The molecule has 2 rings (SSSR count). The molecule has 2 N–H and O–H groups in total. The van der Waals surface area contributed by atoms with Crippen LogP contribution in [0, 0.1) is 0 Å². The second-order valence-electron chi connectivity index (χ2n) is 4.78. The molecule has 0 spiro atoms. The lowest BCUT2D eigenvalue weighted by Gasteiger charge is -2.25. The highest BCUT2D eigenvalue weighted by atomic mass is 32.1. The van der Waals surface area contributed by atoms with Crippen molar-refractivity contribution >= 4 is 11.3 Å². The number of nitrogens with two attached hydrogens (primary N) is 1. The summed E-state index contributed by atoms with van der Waals surface area (Å²) in [6.45, 7) is 3.62. The van der Waals surface area contributed by atoms with Gasteiger partial charge in [-0.05, 0) is 25.6 Å². The Morgan fingerprint density at radius 2 is 2.26 bits per heavy atom. The van der Waals surface area contributed by atoms with E-state index >= 15 is 0 Å². The molecule has 2 aromatic rings. The largest absolute Gasteiger partial charge is 0.337 e. The predicted molar refractivity (Wildman–Crippen MR) is 80.2 cm³/mol. The fourth-order valence-electron chi connectivity index (χ4n) is 2.16. The molecule has 1 unspecified atom stereocenters.